The Bertz CT molecular complexity index is 758. The highest BCUT2D eigenvalue weighted by Crippen LogP contribution is 2.62. The molecule has 1 heterocycles. The topological polar surface area (TPSA) is 90.4 Å². The molecule has 1 amide bonds. The van der Waals surface area contributed by atoms with Gasteiger partial charge >= 0.3 is 0 Å². The second kappa shape index (κ2) is 7.17. The Hall–Kier alpha value is -1.89. The van der Waals surface area contributed by atoms with E-state index < -0.39 is 0 Å². The predicted octanol–water partition coefficient (Wildman–Crippen LogP) is 2.00. The first-order chi connectivity index (χ1) is 13.3. The van der Waals surface area contributed by atoms with Crippen molar-refractivity contribution in [3.05, 3.63) is 11.8 Å². The molecule has 7 nitrogen and oxygen atoms in total. The minimum Gasteiger partial charge on any atom is -0.383 e. The van der Waals surface area contributed by atoms with Crippen LogP contribution in [0, 0.1) is 29.1 Å². The quantitative estimate of drug-likeness (QED) is 0.688. The summed E-state index contributed by atoms with van der Waals surface area (Å²) >= 11 is 0. The van der Waals surface area contributed by atoms with Crippen molar-refractivity contribution < 1.29 is 14.3 Å². The van der Waals surface area contributed by atoms with Gasteiger partial charge in [0.1, 0.15) is 11.5 Å². The zero-order valence-corrected chi connectivity index (χ0v) is 17.2. The number of carbonyl (C=O) groups is 2. The van der Waals surface area contributed by atoms with Crippen molar-refractivity contribution in [3.8, 4) is 0 Å². The first-order valence-electron chi connectivity index (χ1n) is 10.4. The number of ketones is 1. The minimum atomic E-state index is -0.293. The fraction of sp³-hybridized carbons (Fsp3) is 0.762. The third kappa shape index (κ3) is 3.23. The molecule has 0 aromatic carbocycles. The summed E-state index contributed by atoms with van der Waals surface area (Å²) < 4.78 is 6.90. The number of amides is 1. The number of hydrogen-bond donors (Lipinski definition) is 1. The summed E-state index contributed by atoms with van der Waals surface area (Å²) in [7, 11) is 5.53. The largest absolute Gasteiger partial charge is 0.383 e. The van der Waals surface area contributed by atoms with Crippen LogP contribution >= 0.6 is 0 Å². The Morgan fingerprint density at radius 3 is 2.61 bits per heavy atom. The molecule has 1 aromatic rings. The number of likely N-dealkylation sites (N-methyl/N-ethyl adjacent to an activating group) is 1. The van der Waals surface area contributed by atoms with Gasteiger partial charge in [-0.15, -0.1) is 0 Å². The molecule has 0 aliphatic heterocycles. The molecule has 0 spiro atoms. The minimum absolute atomic E-state index is 0.118. The van der Waals surface area contributed by atoms with Gasteiger partial charge in [-0.3, -0.25) is 14.3 Å². The molecular weight excluding hydrogens is 356 g/mol. The number of Topliss-reactive ketones (excluding diaryl/α,β-unsaturated/α-hetero) is 1. The normalized spacial score (nSPS) is 33.2. The summed E-state index contributed by atoms with van der Waals surface area (Å²) in [5.74, 6) is 2.81. The second-order valence-corrected chi connectivity index (χ2v) is 9.33. The molecular formula is C21H32N4O3. The van der Waals surface area contributed by atoms with Gasteiger partial charge in [-0.2, -0.15) is 5.10 Å². The lowest BCUT2D eigenvalue weighted by atomic mass is 9.45. The number of aromatic nitrogens is 2. The van der Waals surface area contributed by atoms with Gasteiger partial charge in [-0.25, -0.2) is 0 Å². The molecule has 154 valence electrons. The van der Waals surface area contributed by atoms with Gasteiger partial charge in [0.15, 0.2) is 5.78 Å². The molecule has 5 rings (SSSR count). The number of ether oxygens (including phenoxy) is 1. The number of primary amides is 1. The number of rotatable bonds is 8. The van der Waals surface area contributed by atoms with Crippen LogP contribution in [-0.4, -0.2) is 48.8 Å². The zero-order chi connectivity index (χ0) is 20.1. The highest BCUT2D eigenvalue weighted by atomic mass is 16.5. The maximum absolute atomic E-state index is 13.0. The molecule has 2 unspecified atom stereocenters. The van der Waals surface area contributed by atoms with E-state index in [1.54, 1.807) is 11.8 Å². The van der Waals surface area contributed by atoms with E-state index >= 15 is 0 Å². The molecule has 7 heteroatoms. The number of anilines is 1. The Labute approximate surface area is 166 Å². The molecule has 0 saturated heterocycles. The van der Waals surface area contributed by atoms with Crippen molar-refractivity contribution in [1.29, 1.82) is 0 Å². The van der Waals surface area contributed by atoms with Crippen LogP contribution in [0.5, 0.6) is 0 Å². The van der Waals surface area contributed by atoms with Gasteiger partial charge in [0.05, 0.1) is 6.61 Å². The summed E-state index contributed by atoms with van der Waals surface area (Å²) in [6.45, 7) is 1.37. The first kappa shape index (κ1) is 19.4. The third-order valence-electron chi connectivity index (χ3n) is 7.57. The summed E-state index contributed by atoms with van der Waals surface area (Å²) in [5, 5.41) is 4.48. The van der Waals surface area contributed by atoms with Crippen molar-refractivity contribution in [2.75, 3.05) is 32.2 Å². The molecule has 1 aromatic heterocycles. The average molecular weight is 389 g/mol. The first-order valence-corrected chi connectivity index (χ1v) is 10.4. The number of nitrogens with two attached hydrogens (primary N) is 1. The van der Waals surface area contributed by atoms with Crippen molar-refractivity contribution in [3.63, 3.8) is 0 Å². The third-order valence-corrected chi connectivity index (χ3v) is 7.57. The van der Waals surface area contributed by atoms with E-state index in [0.717, 1.165) is 44.5 Å². The van der Waals surface area contributed by atoms with E-state index in [9.17, 15) is 9.59 Å². The average Bonchev–Trinajstić information content (AvgIpc) is 3.04. The van der Waals surface area contributed by atoms with Crippen LogP contribution in [0.15, 0.2) is 6.07 Å². The Morgan fingerprint density at radius 1 is 1.32 bits per heavy atom. The lowest BCUT2D eigenvalue weighted by Gasteiger charge is -2.58. The van der Waals surface area contributed by atoms with Crippen LogP contribution in [0.3, 0.4) is 0 Å². The predicted molar refractivity (Wildman–Crippen MR) is 106 cm³/mol. The molecule has 2 N–H and O–H groups in total. The lowest BCUT2D eigenvalue weighted by Crippen LogP contribution is -2.56. The molecule has 4 saturated carbocycles. The Balaban J connectivity index is 1.46. The highest BCUT2D eigenvalue weighted by Gasteiger charge is 2.57. The summed E-state index contributed by atoms with van der Waals surface area (Å²) in [4.78, 5) is 27.2. The lowest BCUT2D eigenvalue weighted by molar-refractivity contribution is -0.149. The molecule has 4 fully saturated rings. The van der Waals surface area contributed by atoms with Crippen LogP contribution in [-0.2, 0) is 16.6 Å². The van der Waals surface area contributed by atoms with Gasteiger partial charge in [0.2, 0.25) is 5.91 Å². The van der Waals surface area contributed by atoms with Gasteiger partial charge in [-0.05, 0) is 55.8 Å². The number of aryl methyl sites for hydroxylation is 1. The molecule has 28 heavy (non-hydrogen) atoms. The standard InChI is InChI=1S/C21H32N4O3/c1-24(4-5-28-3)19-9-17(23-25(19)2)18(26)8-16-14-6-13-7-15(16)12-21(10-13,11-14)20(22)27/h9,13-16H,4-8,10-12H2,1-3H3,(H2,22,27). The summed E-state index contributed by atoms with van der Waals surface area (Å²) in [6, 6.07) is 1.89. The molecule has 4 aliphatic carbocycles. The molecule has 0 radical (unpaired) electrons. The fourth-order valence-electron chi connectivity index (χ4n) is 6.38. The maximum atomic E-state index is 13.0. The Kier molecular flexibility index (Phi) is 4.98. The van der Waals surface area contributed by atoms with Crippen molar-refractivity contribution in [2.45, 2.75) is 38.5 Å². The molecule has 4 aliphatic rings. The smallest absolute Gasteiger partial charge is 0.223 e. The number of carbonyl (C=O) groups excluding carboxylic acids is 2. The maximum Gasteiger partial charge on any atom is 0.223 e. The molecule has 4 bridgehead atoms. The van der Waals surface area contributed by atoms with Crippen LogP contribution in [0.1, 0.15) is 49.0 Å². The summed E-state index contributed by atoms with van der Waals surface area (Å²) in [5.41, 5.74) is 6.03. The van der Waals surface area contributed by atoms with E-state index in [1.165, 1.54) is 0 Å². The van der Waals surface area contributed by atoms with Crippen LogP contribution in [0.25, 0.3) is 0 Å². The van der Waals surface area contributed by atoms with E-state index in [-0.39, 0.29) is 17.1 Å². The van der Waals surface area contributed by atoms with E-state index in [0.29, 0.717) is 42.4 Å². The monoisotopic (exact) mass is 388 g/mol. The molecule has 2 atom stereocenters. The van der Waals surface area contributed by atoms with Crippen LogP contribution in [0.2, 0.25) is 0 Å². The second-order valence-electron chi connectivity index (χ2n) is 9.33. The van der Waals surface area contributed by atoms with Gasteiger partial charge in [0.25, 0.3) is 0 Å². The van der Waals surface area contributed by atoms with Crippen molar-refractivity contribution in [1.82, 2.24) is 9.78 Å². The summed E-state index contributed by atoms with van der Waals surface area (Å²) in [6.07, 6.45) is 5.55. The zero-order valence-electron chi connectivity index (χ0n) is 17.2. The van der Waals surface area contributed by atoms with Crippen LogP contribution < -0.4 is 10.6 Å². The van der Waals surface area contributed by atoms with E-state index in [1.807, 2.05) is 25.1 Å². The van der Waals surface area contributed by atoms with Crippen molar-refractivity contribution in [2.24, 2.45) is 41.9 Å². The number of hydrogen-bond acceptors (Lipinski definition) is 5. The van der Waals surface area contributed by atoms with Gasteiger partial charge < -0.3 is 15.4 Å². The van der Waals surface area contributed by atoms with E-state index in [2.05, 4.69) is 5.10 Å². The van der Waals surface area contributed by atoms with Crippen LogP contribution in [0.4, 0.5) is 5.82 Å². The SMILES string of the molecule is COCCN(C)c1cc(C(=O)CC2C3CC4CC2CC(C(N)=O)(C4)C3)nn1C. The fourth-order valence-corrected chi connectivity index (χ4v) is 6.38. The van der Waals surface area contributed by atoms with Gasteiger partial charge in [-0.1, -0.05) is 0 Å². The number of methoxy groups -OCH3 is 1. The highest BCUT2D eigenvalue weighted by molar-refractivity contribution is 5.95. The van der Waals surface area contributed by atoms with Crippen molar-refractivity contribution >= 4 is 17.5 Å². The van der Waals surface area contributed by atoms with E-state index in [4.69, 9.17) is 10.5 Å². The Morgan fingerprint density at radius 2 is 2.00 bits per heavy atom. The number of nitrogens with zero attached hydrogens (tertiary/aromatic N) is 3. The van der Waals surface area contributed by atoms with Gasteiger partial charge in [0, 0.05) is 45.7 Å².